The van der Waals surface area contributed by atoms with Crippen molar-refractivity contribution >= 4 is 11.8 Å². The molecule has 40 heavy (non-hydrogen) atoms. The average molecular weight is 581 g/mol. The van der Waals surface area contributed by atoms with Gasteiger partial charge in [-0.05, 0) is 147 Å². The molecule has 0 saturated heterocycles. The minimum Gasteiger partial charge on any atom is -0.388 e. The first-order chi connectivity index (χ1) is 18.5. The maximum atomic E-state index is 4.25. The molecule has 0 aromatic rings. The summed E-state index contributed by atoms with van der Waals surface area (Å²) in [7, 11) is 3.25. The lowest BCUT2D eigenvalue weighted by Crippen LogP contribution is -2.57. The molecule has 1 spiro atoms. The molecule has 8 saturated carbocycles. The second kappa shape index (κ2) is 17.6. The van der Waals surface area contributed by atoms with E-state index in [-0.39, 0.29) is 0 Å². The van der Waals surface area contributed by atoms with Gasteiger partial charge in [0.15, 0.2) is 0 Å². The Morgan fingerprint density at radius 3 is 0.825 bits per heavy atom. The van der Waals surface area contributed by atoms with Gasteiger partial charge in [0.2, 0.25) is 0 Å². The van der Waals surface area contributed by atoms with Gasteiger partial charge in [0, 0.05) is 14.2 Å². The molecule has 4 atom stereocenters. The van der Waals surface area contributed by atoms with Crippen molar-refractivity contribution in [3.8, 4) is 0 Å². The molecule has 240 valence electrons. The number of ether oxygens (including phenoxy) is 1. The third kappa shape index (κ3) is 14.2. The standard InChI is InChI=1S/C9H16.C7H12.C7H14.C6H12.C5H10.C2H6O.C2H6S/c1-7-3-9(4-7)5-8(2)6-9;1-6-3-7(2,4-6)5-6;1-6-3-4-7(2)5-6;1-5-3-6(2)4-5;1-4-3-5(4)2;2*1-3-2/h7-8H,3-6H2,1-2H3;3-5H2,1-2H3;6-7H,3-5H2,1-2H3;5-6H,3-4H2,1-2H3;4-5H,3H2,1-2H3;2*1-2H3. The van der Waals surface area contributed by atoms with E-state index < -0.39 is 0 Å². The Morgan fingerprint density at radius 1 is 0.500 bits per heavy atom. The molecule has 8 aliphatic carbocycles. The van der Waals surface area contributed by atoms with Crippen molar-refractivity contribution in [2.75, 3.05) is 26.7 Å². The van der Waals surface area contributed by atoms with Gasteiger partial charge in [-0.25, -0.2) is 0 Å². The summed E-state index contributed by atoms with van der Waals surface area (Å²) >= 11 is 1.75. The Bertz CT molecular complexity index is 581. The van der Waals surface area contributed by atoms with Crippen LogP contribution in [0.1, 0.15) is 153 Å². The van der Waals surface area contributed by atoms with Gasteiger partial charge in [-0.1, -0.05) is 82.1 Å². The molecule has 0 aliphatic heterocycles. The zero-order valence-electron chi connectivity index (χ0n) is 30.1. The third-order valence-electron chi connectivity index (χ3n) is 10.8. The Kier molecular flexibility index (Phi) is 16.8. The molecule has 0 heterocycles. The molecule has 2 heteroatoms. The SMILES string of the molecule is CC12CC(C)(C1)C2.CC1CC(C)C1.CC1CC1C.CC1CC2(C1)CC(C)C2.CC1CCC(C)C1.COC.CSC. The van der Waals surface area contributed by atoms with E-state index in [2.05, 4.69) is 74.0 Å². The first-order valence-corrected chi connectivity index (χ1v) is 19.0. The third-order valence-corrected chi connectivity index (χ3v) is 10.8. The lowest BCUT2D eigenvalue weighted by molar-refractivity contribution is -0.176. The van der Waals surface area contributed by atoms with Crippen LogP contribution in [0.4, 0.5) is 0 Å². The van der Waals surface area contributed by atoms with E-state index in [9.17, 15) is 0 Å². The van der Waals surface area contributed by atoms with Crippen LogP contribution in [0.5, 0.6) is 0 Å². The fourth-order valence-corrected chi connectivity index (χ4v) is 9.41. The molecule has 0 aromatic carbocycles. The Hall–Kier alpha value is 0.310. The summed E-state index contributed by atoms with van der Waals surface area (Å²) in [6, 6.07) is 0. The summed E-state index contributed by atoms with van der Waals surface area (Å²) < 4.78 is 4.25. The van der Waals surface area contributed by atoms with E-state index in [1.807, 2.05) is 12.5 Å². The van der Waals surface area contributed by atoms with Crippen molar-refractivity contribution in [1.82, 2.24) is 0 Å². The van der Waals surface area contributed by atoms with E-state index in [1.54, 1.807) is 26.0 Å². The maximum absolute atomic E-state index is 4.25. The minimum absolute atomic E-state index is 0.828. The lowest BCUT2D eigenvalue weighted by atomic mass is 9.37. The van der Waals surface area contributed by atoms with Gasteiger partial charge in [-0.2, -0.15) is 11.8 Å². The van der Waals surface area contributed by atoms with Crippen LogP contribution in [-0.2, 0) is 4.74 Å². The van der Waals surface area contributed by atoms with Crippen LogP contribution < -0.4 is 0 Å². The van der Waals surface area contributed by atoms with E-state index in [0.717, 1.165) is 63.6 Å². The topological polar surface area (TPSA) is 9.23 Å². The number of rotatable bonds is 0. The molecule has 0 amide bonds. The zero-order chi connectivity index (χ0) is 30.7. The summed E-state index contributed by atoms with van der Waals surface area (Å²) in [5.74, 6) is 8.34. The van der Waals surface area contributed by atoms with Gasteiger partial charge in [-0.15, -0.1) is 0 Å². The molecule has 0 aromatic heterocycles. The highest BCUT2D eigenvalue weighted by Gasteiger charge is 2.61. The van der Waals surface area contributed by atoms with Crippen LogP contribution in [0.2, 0.25) is 0 Å². The number of hydrogen-bond donors (Lipinski definition) is 0. The van der Waals surface area contributed by atoms with Crippen LogP contribution in [0.25, 0.3) is 0 Å². The van der Waals surface area contributed by atoms with E-state index in [4.69, 9.17) is 0 Å². The van der Waals surface area contributed by atoms with Crippen molar-refractivity contribution in [3.63, 3.8) is 0 Å². The second-order valence-corrected chi connectivity index (χ2v) is 18.2. The molecule has 2 bridgehead atoms. The van der Waals surface area contributed by atoms with Gasteiger partial charge in [0.1, 0.15) is 0 Å². The van der Waals surface area contributed by atoms with Gasteiger partial charge in [0.05, 0.1) is 0 Å². The van der Waals surface area contributed by atoms with Crippen LogP contribution in [0, 0.1) is 63.6 Å². The monoisotopic (exact) mass is 581 g/mol. The number of methoxy groups -OCH3 is 1. The van der Waals surface area contributed by atoms with Crippen LogP contribution >= 0.6 is 11.8 Å². The summed E-state index contributed by atoms with van der Waals surface area (Å²) in [6.07, 6.45) is 23.6. The quantitative estimate of drug-likeness (QED) is 0.282. The average Bonchev–Trinajstić information content (AvgIpc) is 3.25. The summed E-state index contributed by atoms with van der Waals surface area (Å²) in [6.45, 7) is 23.5. The molecule has 8 rings (SSSR count). The zero-order valence-corrected chi connectivity index (χ0v) is 30.9. The summed E-state index contributed by atoms with van der Waals surface area (Å²) in [5.41, 5.74) is 2.54. The largest absolute Gasteiger partial charge is 0.388 e. The molecular weight excluding hydrogens is 504 g/mol. The van der Waals surface area contributed by atoms with Crippen LogP contribution in [-0.4, -0.2) is 26.7 Å². The maximum Gasteiger partial charge on any atom is 0.0351 e. The molecule has 8 fully saturated rings. The minimum atomic E-state index is 0.828. The Morgan fingerprint density at radius 2 is 0.750 bits per heavy atom. The van der Waals surface area contributed by atoms with Crippen LogP contribution in [0.3, 0.4) is 0 Å². The first-order valence-electron chi connectivity index (χ1n) is 17.3. The highest BCUT2D eigenvalue weighted by molar-refractivity contribution is 7.97. The van der Waals surface area contributed by atoms with Gasteiger partial charge < -0.3 is 4.74 Å². The predicted molar refractivity (Wildman–Crippen MR) is 184 cm³/mol. The molecule has 1 nitrogen and oxygen atoms in total. The van der Waals surface area contributed by atoms with Crippen molar-refractivity contribution < 1.29 is 4.74 Å². The number of thioether (sulfide) groups is 1. The molecule has 0 radical (unpaired) electrons. The molecule has 8 aliphatic rings. The van der Waals surface area contributed by atoms with Crippen molar-refractivity contribution in [1.29, 1.82) is 0 Å². The van der Waals surface area contributed by atoms with Crippen LogP contribution in [0.15, 0.2) is 0 Å². The molecule has 0 N–H and O–H groups in total. The van der Waals surface area contributed by atoms with Gasteiger partial charge >= 0.3 is 0 Å². The summed E-state index contributed by atoms with van der Waals surface area (Å²) in [5, 5.41) is 0. The normalized spacial score (nSPS) is 45.5. The smallest absolute Gasteiger partial charge is 0.0351 e. The molecular formula is C38H76OS. The Balaban J connectivity index is 0.000000241. The van der Waals surface area contributed by atoms with Crippen molar-refractivity contribution in [3.05, 3.63) is 0 Å². The highest BCUT2D eigenvalue weighted by atomic mass is 32.2. The predicted octanol–water partition coefficient (Wildman–Crippen LogP) is 12.4. The van der Waals surface area contributed by atoms with Crippen molar-refractivity contribution in [2.45, 2.75) is 153 Å². The fourth-order valence-electron chi connectivity index (χ4n) is 9.41. The van der Waals surface area contributed by atoms with E-state index in [0.29, 0.717) is 0 Å². The van der Waals surface area contributed by atoms with Gasteiger partial charge in [-0.3, -0.25) is 0 Å². The highest BCUT2D eigenvalue weighted by Crippen LogP contribution is 2.72. The second-order valence-electron chi connectivity index (χ2n) is 17.4. The molecule has 4 unspecified atom stereocenters. The number of hydrogen-bond acceptors (Lipinski definition) is 2. The summed E-state index contributed by atoms with van der Waals surface area (Å²) in [4.78, 5) is 0. The fraction of sp³-hybridized carbons (Fsp3) is 1.00. The van der Waals surface area contributed by atoms with E-state index >= 15 is 0 Å². The Labute approximate surface area is 258 Å². The first kappa shape index (κ1) is 38.3. The van der Waals surface area contributed by atoms with E-state index in [1.165, 1.54) is 83.5 Å². The van der Waals surface area contributed by atoms with Gasteiger partial charge in [0.25, 0.3) is 0 Å². The lowest BCUT2D eigenvalue weighted by Gasteiger charge is -2.68. The van der Waals surface area contributed by atoms with Crippen molar-refractivity contribution in [2.24, 2.45) is 63.6 Å².